The highest BCUT2D eigenvalue weighted by molar-refractivity contribution is 5.83. The predicted octanol–water partition coefficient (Wildman–Crippen LogP) is 6.04. The SMILES string of the molecule is C[C@@H](NCc1nc(-c2ccc(C(C)(C)C)cc2)no1)c1ccc2ccccc2c1. The Labute approximate surface area is 172 Å². The van der Waals surface area contributed by atoms with Crippen LogP contribution in [0.4, 0.5) is 0 Å². The van der Waals surface area contributed by atoms with Crippen LogP contribution < -0.4 is 5.32 Å². The van der Waals surface area contributed by atoms with Gasteiger partial charge in [0.05, 0.1) is 6.54 Å². The van der Waals surface area contributed by atoms with Gasteiger partial charge in [0.25, 0.3) is 0 Å². The summed E-state index contributed by atoms with van der Waals surface area (Å²) in [6.45, 7) is 9.29. The Kier molecular flexibility index (Phi) is 5.20. The van der Waals surface area contributed by atoms with Gasteiger partial charge in [0.2, 0.25) is 11.7 Å². The first-order valence-corrected chi connectivity index (χ1v) is 10.1. The fourth-order valence-corrected chi connectivity index (χ4v) is 3.40. The molecule has 0 unspecified atom stereocenters. The molecule has 29 heavy (non-hydrogen) atoms. The van der Waals surface area contributed by atoms with Crippen molar-refractivity contribution in [2.75, 3.05) is 0 Å². The van der Waals surface area contributed by atoms with Crippen LogP contribution in [0.3, 0.4) is 0 Å². The molecule has 0 saturated heterocycles. The number of benzene rings is 3. The molecule has 1 atom stereocenters. The van der Waals surface area contributed by atoms with Crippen LogP contribution in [0.5, 0.6) is 0 Å². The zero-order valence-corrected chi connectivity index (χ0v) is 17.4. The van der Waals surface area contributed by atoms with Gasteiger partial charge in [-0.1, -0.05) is 86.6 Å². The number of nitrogens with one attached hydrogen (secondary N) is 1. The van der Waals surface area contributed by atoms with E-state index in [1.807, 2.05) is 0 Å². The molecule has 4 nitrogen and oxygen atoms in total. The highest BCUT2D eigenvalue weighted by atomic mass is 16.5. The minimum absolute atomic E-state index is 0.129. The van der Waals surface area contributed by atoms with Crippen molar-refractivity contribution in [1.29, 1.82) is 0 Å². The average Bonchev–Trinajstić information content (AvgIpc) is 3.20. The van der Waals surface area contributed by atoms with E-state index < -0.39 is 0 Å². The van der Waals surface area contributed by atoms with Crippen LogP contribution >= 0.6 is 0 Å². The fraction of sp³-hybridized carbons (Fsp3) is 0.280. The maximum absolute atomic E-state index is 5.45. The minimum Gasteiger partial charge on any atom is -0.338 e. The quantitative estimate of drug-likeness (QED) is 0.455. The molecule has 0 amide bonds. The highest BCUT2D eigenvalue weighted by Crippen LogP contribution is 2.25. The monoisotopic (exact) mass is 385 g/mol. The third-order valence-corrected chi connectivity index (χ3v) is 5.31. The molecule has 4 rings (SSSR count). The van der Waals surface area contributed by atoms with E-state index in [1.165, 1.54) is 21.9 Å². The topological polar surface area (TPSA) is 51.0 Å². The largest absolute Gasteiger partial charge is 0.338 e. The Morgan fingerprint density at radius 1 is 0.931 bits per heavy atom. The zero-order chi connectivity index (χ0) is 20.4. The van der Waals surface area contributed by atoms with Gasteiger partial charge >= 0.3 is 0 Å². The van der Waals surface area contributed by atoms with Gasteiger partial charge in [0.15, 0.2) is 0 Å². The molecule has 4 heteroatoms. The molecule has 0 radical (unpaired) electrons. The maximum Gasteiger partial charge on any atom is 0.240 e. The van der Waals surface area contributed by atoms with Crippen molar-refractivity contribution in [2.45, 2.75) is 45.7 Å². The molecule has 0 spiro atoms. The molecule has 0 bridgehead atoms. The van der Waals surface area contributed by atoms with Gasteiger partial charge in [-0.15, -0.1) is 0 Å². The van der Waals surface area contributed by atoms with E-state index in [0.29, 0.717) is 18.3 Å². The van der Waals surface area contributed by atoms with Crippen LogP contribution in [-0.4, -0.2) is 10.1 Å². The lowest BCUT2D eigenvalue weighted by Gasteiger charge is -2.18. The second kappa shape index (κ2) is 7.80. The summed E-state index contributed by atoms with van der Waals surface area (Å²) in [5, 5.41) is 10.1. The second-order valence-electron chi connectivity index (χ2n) is 8.55. The Balaban J connectivity index is 1.42. The number of rotatable bonds is 5. The van der Waals surface area contributed by atoms with Crippen LogP contribution in [0.1, 0.15) is 50.8 Å². The minimum atomic E-state index is 0.129. The van der Waals surface area contributed by atoms with Crippen molar-refractivity contribution in [2.24, 2.45) is 0 Å². The second-order valence-corrected chi connectivity index (χ2v) is 8.55. The third kappa shape index (κ3) is 4.38. The summed E-state index contributed by atoms with van der Waals surface area (Å²) in [4.78, 5) is 4.55. The highest BCUT2D eigenvalue weighted by Gasteiger charge is 2.15. The summed E-state index contributed by atoms with van der Waals surface area (Å²) in [7, 11) is 0. The Hall–Kier alpha value is -2.98. The van der Waals surface area contributed by atoms with E-state index in [1.54, 1.807) is 0 Å². The van der Waals surface area contributed by atoms with Gasteiger partial charge in [0.1, 0.15) is 0 Å². The van der Waals surface area contributed by atoms with Crippen molar-refractivity contribution in [3.05, 3.63) is 83.7 Å². The van der Waals surface area contributed by atoms with Crippen LogP contribution in [-0.2, 0) is 12.0 Å². The Morgan fingerprint density at radius 3 is 2.38 bits per heavy atom. The van der Waals surface area contributed by atoms with Gasteiger partial charge in [-0.3, -0.25) is 0 Å². The maximum atomic E-state index is 5.45. The van der Waals surface area contributed by atoms with E-state index in [9.17, 15) is 0 Å². The number of hydrogen-bond acceptors (Lipinski definition) is 4. The predicted molar refractivity (Wildman–Crippen MR) is 118 cm³/mol. The van der Waals surface area contributed by atoms with Crippen LogP contribution in [0.25, 0.3) is 22.2 Å². The molecule has 1 aromatic heterocycles. The average molecular weight is 386 g/mol. The molecule has 3 aromatic carbocycles. The number of hydrogen-bond donors (Lipinski definition) is 1. The lowest BCUT2D eigenvalue weighted by atomic mass is 9.87. The van der Waals surface area contributed by atoms with Crippen molar-refractivity contribution in [1.82, 2.24) is 15.5 Å². The molecule has 148 valence electrons. The molecule has 0 aliphatic heterocycles. The summed E-state index contributed by atoms with van der Waals surface area (Å²) in [5.74, 6) is 1.22. The van der Waals surface area contributed by atoms with E-state index in [-0.39, 0.29) is 11.5 Å². The first-order chi connectivity index (χ1) is 13.9. The van der Waals surface area contributed by atoms with Gasteiger partial charge in [-0.2, -0.15) is 4.98 Å². The van der Waals surface area contributed by atoms with E-state index in [2.05, 4.69) is 110 Å². The molecule has 0 aliphatic carbocycles. The van der Waals surface area contributed by atoms with Crippen LogP contribution in [0.2, 0.25) is 0 Å². The lowest BCUT2D eigenvalue weighted by Crippen LogP contribution is -2.18. The summed E-state index contributed by atoms with van der Waals surface area (Å²) >= 11 is 0. The van der Waals surface area contributed by atoms with Crippen molar-refractivity contribution < 1.29 is 4.52 Å². The van der Waals surface area contributed by atoms with E-state index >= 15 is 0 Å². The van der Waals surface area contributed by atoms with Gasteiger partial charge in [-0.05, 0) is 40.3 Å². The van der Waals surface area contributed by atoms with Crippen LogP contribution in [0, 0.1) is 0 Å². The van der Waals surface area contributed by atoms with E-state index in [4.69, 9.17) is 4.52 Å². The first-order valence-electron chi connectivity index (χ1n) is 10.1. The van der Waals surface area contributed by atoms with Crippen molar-refractivity contribution >= 4 is 10.8 Å². The molecule has 0 aliphatic rings. The fourth-order valence-electron chi connectivity index (χ4n) is 3.40. The molecule has 4 aromatic rings. The number of fused-ring (bicyclic) bond motifs is 1. The molecular weight excluding hydrogens is 358 g/mol. The van der Waals surface area contributed by atoms with Gasteiger partial charge in [0, 0.05) is 11.6 Å². The Bertz CT molecular complexity index is 1110. The molecule has 1 N–H and O–H groups in total. The standard InChI is InChI=1S/C25H27N3O/c1-17(20-10-9-18-7-5-6-8-21(18)15-20)26-16-23-27-24(28-29-23)19-11-13-22(14-12-19)25(2,3)4/h5-15,17,26H,16H2,1-4H3/t17-/m1/s1. The zero-order valence-electron chi connectivity index (χ0n) is 17.4. The molecular formula is C25H27N3O. The van der Waals surface area contributed by atoms with Crippen molar-refractivity contribution in [3.63, 3.8) is 0 Å². The summed E-state index contributed by atoms with van der Waals surface area (Å²) < 4.78 is 5.45. The van der Waals surface area contributed by atoms with Crippen molar-refractivity contribution in [3.8, 4) is 11.4 Å². The third-order valence-electron chi connectivity index (χ3n) is 5.31. The summed E-state index contributed by atoms with van der Waals surface area (Å²) in [5.41, 5.74) is 3.62. The summed E-state index contributed by atoms with van der Waals surface area (Å²) in [6.07, 6.45) is 0. The smallest absolute Gasteiger partial charge is 0.240 e. The molecule has 1 heterocycles. The number of aromatic nitrogens is 2. The van der Waals surface area contributed by atoms with E-state index in [0.717, 1.165) is 5.56 Å². The normalized spacial score (nSPS) is 13.0. The molecule has 0 fully saturated rings. The lowest BCUT2D eigenvalue weighted by molar-refractivity contribution is 0.360. The molecule has 0 saturated carbocycles. The first kappa shape index (κ1) is 19.3. The van der Waals surface area contributed by atoms with Gasteiger partial charge in [-0.25, -0.2) is 0 Å². The summed E-state index contributed by atoms with van der Waals surface area (Å²) in [6, 6.07) is 23.5. The van der Waals surface area contributed by atoms with Crippen LogP contribution in [0.15, 0.2) is 71.3 Å². The Morgan fingerprint density at radius 2 is 1.66 bits per heavy atom. The number of nitrogens with zero attached hydrogens (tertiary/aromatic N) is 2. The van der Waals surface area contributed by atoms with Gasteiger partial charge < -0.3 is 9.84 Å².